The van der Waals surface area contributed by atoms with Crippen LogP contribution in [0.4, 0.5) is 0 Å². The predicted octanol–water partition coefficient (Wildman–Crippen LogP) is 1.38. The van der Waals surface area contributed by atoms with Crippen LogP contribution < -0.4 is 51.4 Å². The number of hydrogen-bond donors (Lipinski definition) is 1. The van der Waals surface area contributed by atoms with Crippen molar-refractivity contribution in [1.82, 2.24) is 0 Å². The first-order valence-corrected chi connectivity index (χ1v) is 10.4. The van der Waals surface area contributed by atoms with Gasteiger partial charge in [-0.1, -0.05) is 70.6 Å². The van der Waals surface area contributed by atoms with Gasteiger partial charge in [-0.25, -0.2) is 8.42 Å². The van der Waals surface area contributed by atoms with Crippen LogP contribution in [0.5, 0.6) is 0 Å². The molecule has 23 heavy (non-hydrogen) atoms. The summed E-state index contributed by atoms with van der Waals surface area (Å²) in [6, 6.07) is 0. The minimum atomic E-state index is -4.09. The summed E-state index contributed by atoms with van der Waals surface area (Å²) in [5.41, 5.74) is 0. The Morgan fingerprint density at radius 2 is 1.04 bits per heavy atom. The molecule has 0 saturated heterocycles. The molecule has 0 amide bonds. The van der Waals surface area contributed by atoms with Crippen LogP contribution in [-0.2, 0) is 10.1 Å². The monoisotopic (exact) mass is 374 g/mol. The number of aliphatic hydroxyl groups is 1. The van der Waals surface area contributed by atoms with Gasteiger partial charge in [-0.2, -0.15) is 0 Å². The van der Waals surface area contributed by atoms with E-state index in [-0.39, 0.29) is 57.5 Å². The van der Waals surface area contributed by atoms with Gasteiger partial charge in [-0.05, 0) is 26.7 Å². The van der Waals surface area contributed by atoms with Gasteiger partial charge in [0.25, 0.3) is 0 Å². The summed E-state index contributed by atoms with van der Waals surface area (Å²) in [5.74, 6) is 0. The van der Waals surface area contributed by atoms with Crippen molar-refractivity contribution in [2.24, 2.45) is 0 Å². The molecule has 0 aliphatic rings. The molecule has 0 aliphatic heterocycles. The molecule has 0 saturated carbocycles. The molecule has 2 unspecified atom stereocenters. The van der Waals surface area contributed by atoms with Gasteiger partial charge < -0.3 is 9.66 Å². The Kier molecular flexibility index (Phi) is 19.7. The molecule has 0 aromatic heterocycles. The molecule has 0 aromatic rings. The third-order valence-corrected chi connectivity index (χ3v) is 5.45. The van der Waals surface area contributed by atoms with Crippen molar-refractivity contribution in [1.29, 1.82) is 0 Å². The maximum absolute atomic E-state index is 10.7. The van der Waals surface area contributed by atoms with E-state index in [0.717, 1.165) is 32.1 Å². The molecule has 2 atom stereocenters. The van der Waals surface area contributed by atoms with E-state index in [1.165, 1.54) is 51.9 Å². The van der Waals surface area contributed by atoms with Crippen molar-refractivity contribution in [2.75, 3.05) is 0 Å². The van der Waals surface area contributed by atoms with Gasteiger partial charge in [-0.3, -0.25) is 0 Å². The second-order valence-electron chi connectivity index (χ2n) is 6.62. The van der Waals surface area contributed by atoms with Gasteiger partial charge in [0.2, 0.25) is 0 Å². The summed E-state index contributed by atoms with van der Waals surface area (Å²) < 4.78 is 32.2. The largest absolute Gasteiger partial charge is 1.00 e. The first kappa shape index (κ1) is 26.7. The second kappa shape index (κ2) is 16.9. The van der Waals surface area contributed by atoms with Crippen molar-refractivity contribution in [3.63, 3.8) is 0 Å². The van der Waals surface area contributed by atoms with Crippen LogP contribution in [0, 0.1) is 0 Å². The first-order valence-electron chi connectivity index (χ1n) is 8.97. The molecule has 0 aliphatic carbocycles. The smallest absolute Gasteiger partial charge is 0.748 e. The molecule has 4 nitrogen and oxygen atoms in total. The van der Waals surface area contributed by atoms with Crippen LogP contribution in [0.2, 0.25) is 0 Å². The number of aliphatic hydroxyl groups excluding tert-OH is 1. The fraction of sp³-hybridized carbons (Fsp3) is 1.00. The van der Waals surface area contributed by atoms with Crippen LogP contribution in [0.25, 0.3) is 0 Å². The molecular formula is C17H35KO4S. The fourth-order valence-corrected chi connectivity index (χ4v) is 3.06. The van der Waals surface area contributed by atoms with Gasteiger partial charge in [0.05, 0.1) is 16.2 Å². The van der Waals surface area contributed by atoms with Gasteiger partial charge in [-0.15, -0.1) is 0 Å². The van der Waals surface area contributed by atoms with Crippen molar-refractivity contribution in [3.05, 3.63) is 0 Å². The summed E-state index contributed by atoms with van der Waals surface area (Å²) in [6.07, 6.45) is 14.2. The van der Waals surface area contributed by atoms with Crippen molar-refractivity contribution < 1.29 is 69.5 Å². The van der Waals surface area contributed by atoms with Crippen molar-refractivity contribution in [2.45, 2.75) is 109 Å². The topological polar surface area (TPSA) is 77.4 Å². The third-order valence-electron chi connectivity index (χ3n) is 4.23. The average molecular weight is 375 g/mol. The van der Waals surface area contributed by atoms with Gasteiger partial charge in [0.15, 0.2) is 0 Å². The molecule has 0 radical (unpaired) electrons. The van der Waals surface area contributed by atoms with Crippen LogP contribution in [-0.4, -0.2) is 29.4 Å². The van der Waals surface area contributed by atoms with E-state index >= 15 is 0 Å². The number of hydrogen-bond acceptors (Lipinski definition) is 4. The standard InChI is InChI=1S/C17H36O4S.K/c1-16(18)14-12-10-8-6-4-3-5-7-9-11-13-15-17(2)22(19,20)21;/h16-18H,3-15H2,1-2H3,(H,19,20,21);/q;+1/p-1. The minimum absolute atomic E-state index is 0. The maximum atomic E-state index is 10.7. The summed E-state index contributed by atoms with van der Waals surface area (Å²) in [4.78, 5) is 0. The van der Waals surface area contributed by atoms with E-state index in [1.807, 2.05) is 6.92 Å². The predicted molar refractivity (Wildman–Crippen MR) is 90.9 cm³/mol. The molecule has 6 heteroatoms. The van der Waals surface area contributed by atoms with Crippen LogP contribution in [0.15, 0.2) is 0 Å². The minimum Gasteiger partial charge on any atom is -0.748 e. The summed E-state index contributed by atoms with van der Waals surface area (Å²) in [7, 11) is -4.09. The van der Waals surface area contributed by atoms with Crippen molar-refractivity contribution >= 4 is 10.1 Å². The Balaban J connectivity index is 0. The zero-order valence-electron chi connectivity index (χ0n) is 15.4. The number of unbranched alkanes of at least 4 members (excludes halogenated alkanes) is 10. The van der Waals surface area contributed by atoms with E-state index < -0.39 is 15.4 Å². The van der Waals surface area contributed by atoms with Gasteiger partial charge in [0, 0.05) is 5.25 Å². The Morgan fingerprint density at radius 1 is 0.739 bits per heavy atom. The molecule has 0 heterocycles. The SMILES string of the molecule is CC(O)CCCCCCCCCCCCCC(C)S(=O)(=O)[O-].[K+]. The second-order valence-corrected chi connectivity index (χ2v) is 8.41. The quantitative estimate of drug-likeness (QED) is 0.267. The molecule has 0 aromatic carbocycles. The zero-order valence-corrected chi connectivity index (χ0v) is 19.4. The van der Waals surface area contributed by atoms with Gasteiger partial charge >= 0.3 is 51.4 Å². The summed E-state index contributed by atoms with van der Waals surface area (Å²) >= 11 is 0. The summed E-state index contributed by atoms with van der Waals surface area (Å²) in [6.45, 7) is 3.35. The Hall–Kier alpha value is 1.51. The Morgan fingerprint density at radius 3 is 1.35 bits per heavy atom. The number of rotatable bonds is 15. The molecule has 0 bridgehead atoms. The molecular weight excluding hydrogens is 339 g/mol. The molecule has 0 fully saturated rings. The Bertz CT molecular complexity index is 345. The van der Waals surface area contributed by atoms with Crippen LogP contribution >= 0.6 is 0 Å². The molecule has 1 N–H and O–H groups in total. The zero-order chi connectivity index (χ0) is 16.8. The maximum Gasteiger partial charge on any atom is 1.00 e. The molecule has 0 rings (SSSR count). The third kappa shape index (κ3) is 19.7. The van der Waals surface area contributed by atoms with E-state index in [1.54, 1.807) is 0 Å². The van der Waals surface area contributed by atoms with Crippen molar-refractivity contribution in [3.8, 4) is 0 Å². The van der Waals surface area contributed by atoms with Crippen LogP contribution in [0.1, 0.15) is 97.3 Å². The van der Waals surface area contributed by atoms with E-state index in [2.05, 4.69) is 0 Å². The summed E-state index contributed by atoms with van der Waals surface area (Å²) in [5, 5.41) is 8.40. The van der Waals surface area contributed by atoms with E-state index in [0.29, 0.717) is 6.42 Å². The molecule has 134 valence electrons. The Labute approximate surface area is 186 Å². The van der Waals surface area contributed by atoms with E-state index in [4.69, 9.17) is 5.11 Å². The normalized spacial score (nSPS) is 14.3. The van der Waals surface area contributed by atoms with Crippen LogP contribution in [0.3, 0.4) is 0 Å². The van der Waals surface area contributed by atoms with Gasteiger partial charge in [0.1, 0.15) is 0 Å². The van der Waals surface area contributed by atoms with E-state index in [9.17, 15) is 13.0 Å². The molecule has 0 spiro atoms. The average Bonchev–Trinajstić information content (AvgIpc) is 2.42. The first-order chi connectivity index (χ1) is 10.3. The fourth-order valence-electron chi connectivity index (χ4n) is 2.61.